The minimum Gasteiger partial charge on any atom is -0.307 e. The molecular weight excluding hydrogens is 379 g/mol. The lowest BCUT2D eigenvalue weighted by Crippen LogP contribution is -2.38. The molecule has 0 spiro atoms. The molecule has 3 nitrogen and oxygen atoms in total. The van der Waals surface area contributed by atoms with Crippen LogP contribution in [0.15, 0.2) is 18.2 Å². The molecule has 1 aromatic carbocycles. The summed E-state index contributed by atoms with van der Waals surface area (Å²) in [5.41, 5.74) is 0.331. The Bertz CT molecular complexity index is 584. The molecule has 0 bridgehead atoms. The monoisotopic (exact) mass is 387 g/mol. The van der Waals surface area contributed by atoms with Gasteiger partial charge in [0.25, 0.3) is 0 Å². The van der Waals surface area contributed by atoms with Gasteiger partial charge in [0.15, 0.2) is 5.78 Å². The lowest BCUT2D eigenvalue weighted by atomic mass is 9.94. The molecule has 0 radical (unpaired) electrons. The second-order valence-electron chi connectivity index (χ2n) is 4.72. The molecule has 21 heavy (non-hydrogen) atoms. The maximum absolute atomic E-state index is 12.4. The molecule has 1 aromatic rings. The standard InChI is InChI=1S/C13H10Cl5NO2/c14-8-3-1-2-7(10(8)15)11(20)6-4-9(19-5-6)12(21)13(16,17)18/h1-3,6,9,19H,4-5H2. The van der Waals surface area contributed by atoms with Gasteiger partial charge in [-0.05, 0) is 18.6 Å². The number of carbonyl (C=O) groups excluding carboxylic acids is 2. The fraction of sp³-hybridized carbons (Fsp3) is 0.385. The van der Waals surface area contributed by atoms with Gasteiger partial charge in [-0.15, -0.1) is 0 Å². The number of benzene rings is 1. The van der Waals surface area contributed by atoms with Crippen LogP contribution in [0, 0.1) is 5.92 Å². The van der Waals surface area contributed by atoms with Gasteiger partial charge in [-0.3, -0.25) is 9.59 Å². The largest absolute Gasteiger partial charge is 0.307 e. The van der Waals surface area contributed by atoms with Crippen LogP contribution in [0.3, 0.4) is 0 Å². The smallest absolute Gasteiger partial charge is 0.250 e. The molecule has 1 N–H and O–H groups in total. The summed E-state index contributed by atoms with van der Waals surface area (Å²) < 4.78 is -2.00. The number of hydrogen-bond acceptors (Lipinski definition) is 3. The number of halogens is 5. The van der Waals surface area contributed by atoms with E-state index in [1.165, 1.54) is 0 Å². The van der Waals surface area contributed by atoms with E-state index in [9.17, 15) is 9.59 Å². The van der Waals surface area contributed by atoms with Gasteiger partial charge in [-0.2, -0.15) is 0 Å². The molecule has 2 atom stereocenters. The van der Waals surface area contributed by atoms with E-state index in [0.717, 1.165) is 0 Å². The first-order chi connectivity index (χ1) is 9.71. The Morgan fingerprint density at radius 2 is 1.86 bits per heavy atom. The Morgan fingerprint density at radius 3 is 2.48 bits per heavy atom. The third-order valence-corrected chi connectivity index (χ3v) is 4.69. The highest BCUT2D eigenvalue weighted by atomic mass is 35.6. The highest BCUT2D eigenvalue weighted by molar-refractivity contribution is 6.76. The fourth-order valence-electron chi connectivity index (χ4n) is 2.25. The second kappa shape index (κ2) is 6.61. The molecule has 2 rings (SSSR count). The zero-order chi connectivity index (χ0) is 15.8. The summed E-state index contributed by atoms with van der Waals surface area (Å²) in [5, 5.41) is 3.41. The normalized spacial score (nSPS) is 22.3. The summed E-state index contributed by atoms with van der Waals surface area (Å²) in [6.07, 6.45) is 0.258. The fourth-order valence-corrected chi connectivity index (χ4v) is 3.04. The lowest BCUT2D eigenvalue weighted by molar-refractivity contribution is -0.119. The first kappa shape index (κ1) is 17.3. The van der Waals surface area contributed by atoms with E-state index >= 15 is 0 Å². The van der Waals surface area contributed by atoms with Crippen molar-refractivity contribution < 1.29 is 9.59 Å². The number of alkyl halides is 3. The van der Waals surface area contributed by atoms with Crippen molar-refractivity contribution in [2.45, 2.75) is 16.3 Å². The molecule has 1 saturated heterocycles. The molecule has 1 heterocycles. The first-order valence-electron chi connectivity index (χ1n) is 6.04. The summed E-state index contributed by atoms with van der Waals surface area (Å²) >= 11 is 28.6. The van der Waals surface area contributed by atoms with Crippen LogP contribution in [-0.2, 0) is 4.79 Å². The van der Waals surface area contributed by atoms with Crippen molar-refractivity contribution in [3.63, 3.8) is 0 Å². The Labute approximate surface area is 146 Å². The van der Waals surface area contributed by atoms with Gasteiger partial charge >= 0.3 is 0 Å². The highest BCUT2D eigenvalue weighted by Gasteiger charge is 2.42. The Morgan fingerprint density at radius 1 is 1.19 bits per heavy atom. The van der Waals surface area contributed by atoms with Crippen LogP contribution in [0.5, 0.6) is 0 Å². The van der Waals surface area contributed by atoms with Gasteiger partial charge in [0.05, 0.1) is 16.1 Å². The van der Waals surface area contributed by atoms with Crippen molar-refractivity contribution in [2.75, 3.05) is 6.54 Å². The quantitative estimate of drug-likeness (QED) is 0.626. The van der Waals surface area contributed by atoms with E-state index in [1.54, 1.807) is 18.2 Å². The summed E-state index contributed by atoms with van der Waals surface area (Å²) in [6.45, 7) is 0.318. The van der Waals surface area contributed by atoms with Crippen molar-refractivity contribution in [3.8, 4) is 0 Å². The zero-order valence-corrected chi connectivity index (χ0v) is 14.3. The SMILES string of the molecule is O=C(c1cccc(Cl)c1Cl)C1CNC(C(=O)C(Cl)(Cl)Cl)C1. The zero-order valence-electron chi connectivity index (χ0n) is 10.5. The van der Waals surface area contributed by atoms with Crippen molar-refractivity contribution >= 4 is 69.6 Å². The number of carbonyl (C=O) groups is 2. The molecule has 0 saturated carbocycles. The van der Waals surface area contributed by atoms with Crippen LogP contribution in [0.2, 0.25) is 10.0 Å². The average molecular weight is 389 g/mol. The van der Waals surface area contributed by atoms with Gasteiger partial charge in [-0.1, -0.05) is 64.1 Å². The minimum absolute atomic E-state index is 0.186. The molecule has 114 valence electrons. The number of ketones is 2. The second-order valence-corrected chi connectivity index (χ2v) is 7.79. The van der Waals surface area contributed by atoms with E-state index in [-0.39, 0.29) is 17.2 Å². The molecular formula is C13H10Cl5NO2. The minimum atomic E-state index is -2.00. The summed E-state index contributed by atoms with van der Waals surface area (Å²) in [4.78, 5) is 24.3. The maximum atomic E-state index is 12.4. The third-order valence-electron chi connectivity index (χ3n) is 3.31. The molecule has 0 aliphatic carbocycles. The Kier molecular flexibility index (Phi) is 5.45. The van der Waals surface area contributed by atoms with Crippen molar-refractivity contribution in [2.24, 2.45) is 5.92 Å². The lowest BCUT2D eigenvalue weighted by Gasteiger charge is -2.15. The summed E-state index contributed by atoms with van der Waals surface area (Å²) in [6, 6.07) is 4.18. The van der Waals surface area contributed by atoms with Crippen LogP contribution in [0.1, 0.15) is 16.8 Å². The first-order valence-corrected chi connectivity index (χ1v) is 7.93. The van der Waals surface area contributed by atoms with Crippen molar-refractivity contribution in [1.82, 2.24) is 5.32 Å². The van der Waals surface area contributed by atoms with E-state index in [2.05, 4.69) is 5.32 Å². The van der Waals surface area contributed by atoms with Gasteiger partial charge in [0, 0.05) is 18.0 Å². The molecule has 2 unspecified atom stereocenters. The van der Waals surface area contributed by atoms with E-state index in [1.807, 2.05) is 0 Å². The van der Waals surface area contributed by atoms with Crippen LogP contribution in [-0.4, -0.2) is 27.9 Å². The summed E-state index contributed by atoms with van der Waals surface area (Å²) in [5.74, 6) is -1.17. The maximum Gasteiger partial charge on any atom is 0.250 e. The third kappa shape index (κ3) is 3.84. The molecule has 8 heteroatoms. The number of rotatable bonds is 3. The van der Waals surface area contributed by atoms with Crippen molar-refractivity contribution in [3.05, 3.63) is 33.8 Å². The Hall–Kier alpha value is -0.0300. The van der Waals surface area contributed by atoms with Crippen LogP contribution >= 0.6 is 58.0 Å². The highest BCUT2D eigenvalue weighted by Crippen LogP contribution is 2.33. The molecule has 1 aliphatic rings. The van der Waals surface area contributed by atoms with Crippen LogP contribution < -0.4 is 5.32 Å². The van der Waals surface area contributed by atoms with Gasteiger partial charge in [0.1, 0.15) is 0 Å². The Balaban J connectivity index is 2.13. The van der Waals surface area contributed by atoms with Crippen LogP contribution in [0.25, 0.3) is 0 Å². The van der Waals surface area contributed by atoms with E-state index < -0.39 is 21.5 Å². The average Bonchev–Trinajstić information content (AvgIpc) is 2.88. The van der Waals surface area contributed by atoms with Crippen molar-refractivity contribution in [1.29, 1.82) is 0 Å². The van der Waals surface area contributed by atoms with E-state index in [0.29, 0.717) is 17.1 Å². The number of hydrogen-bond donors (Lipinski definition) is 1. The van der Waals surface area contributed by atoms with Gasteiger partial charge < -0.3 is 5.32 Å². The number of nitrogens with one attached hydrogen (secondary N) is 1. The molecule has 1 fully saturated rings. The topological polar surface area (TPSA) is 46.2 Å². The predicted molar refractivity (Wildman–Crippen MR) is 86.0 cm³/mol. The predicted octanol–water partition coefficient (Wildman–Crippen LogP) is 4.09. The molecule has 0 amide bonds. The van der Waals surface area contributed by atoms with Gasteiger partial charge in [-0.25, -0.2) is 0 Å². The van der Waals surface area contributed by atoms with Crippen LogP contribution in [0.4, 0.5) is 0 Å². The van der Waals surface area contributed by atoms with E-state index in [4.69, 9.17) is 58.0 Å². The molecule has 0 aromatic heterocycles. The van der Waals surface area contributed by atoms with Gasteiger partial charge in [0.2, 0.25) is 9.58 Å². The molecule has 1 aliphatic heterocycles. The summed E-state index contributed by atoms with van der Waals surface area (Å²) in [7, 11) is 0. The number of Topliss-reactive ketones (excluding diaryl/α,β-unsaturated/α-hetero) is 2.